The Hall–Kier alpha value is -1.34. The average molecular weight is 325 g/mol. The Balaban J connectivity index is 2.37. The van der Waals surface area contributed by atoms with Crippen molar-refractivity contribution in [2.24, 2.45) is 0 Å². The molecule has 0 saturated carbocycles. The maximum Gasteiger partial charge on any atom is 0.316 e. The molecule has 0 aliphatic rings. The summed E-state index contributed by atoms with van der Waals surface area (Å²) in [5.41, 5.74) is 2.35. The number of thioether (sulfide) groups is 1. The van der Waals surface area contributed by atoms with Crippen LogP contribution in [-0.2, 0) is 9.53 Å². The second-order valence-electron chi connectivity index (χ2n) is 4.97. The van der Waals surface area contributed by atoms with Gasteiger partial charge in [0.05, 0.1) is 12.9 Å². The van der Waals surface area contributed by atoms with Crippen molar-refractivity contribution in [1.82, 2.24) is 14.8 Å². The Morgan fingerprint density at radius 2 is 2.14 bits per heavy atom. The molecule has 5 nitrogen and oxygen atoms in total. The molecule has 21 heavy (non-hydrogen) atoms. The van der Waals surface area contributed by atoms with Crippen LogP contribution in [0.1, 0.15) is 30.3 Å². The predicted octanol–water partition coefficient (Wildman–Crippen LogP) is 3.47. The van der Waals surface area contributed by atoms with Gasteiger partial charge in [-0.05, 0) is 33.3 Å². The number of thiophene rings is 1. The van der Waals surface area contributed by atoms with Crippen LogP contribution in [-0.4, -0.2) is 33.6 Å². The van der Waals surface area contributed by atoms with Gasteiger partial charge in [0.15, 0.2) is 11.0 Å². The smallest absolute Gasteiger partial charge is 0.316 e. The molecule has 7 heteroatoms. The first-order valence-electron chi connectivity index (χ1n) is 6.65. The summed E-state index contributed by atoms with van der Waals surface area (Å²) in [6.07, 6.45) is 0. The van der Waals surface area contributed by atoms with Crippen molar-refractivity contribution < 1.29 is 9.53 Å². The summed E-state index contributed by atoms with van der Waals surface area (Å²) >= 11 is 3.07. The monoisotopic (exact) mass is 325 g/mol. The van der Waals surface area contributed by atoms with Crippen LogP contribution in [0.5, 0.6) is 0 Å². The molecule has 0 bridgehead atoms. The highest BCUT2D eigenvalue weighted by Gasteiger charge is 2.20. The van der Waals surface area contributed by atoms with Crippen LogP contribution >= 0.6 is 23.1 Å². The molecule has 2 aromatic rings. The molecule has 0 atom stereocenters. The fourth-order valence-electron chi connectivity index (χ4n) is 1.94. The standard InChI is InChI=1S/C14H19N3O2S2/c1-8(2)17-13(11-6-20-10(4)9(11)3)15-16-14(17)21-7-12(18)19-5/h6,8H,7H2,1-5H3. The maximum atomic E-state index is 11.3. The largest absolute Gasteiger partial charge is 0.468 e. The van der Waals surface area contributed by atoms with Gasteiger partial charge in [-0.15, -0.1) is 21.5 Å². The van der Waals surface area contributed by atoms with Gasteiger partial charge in [0.25, 0.3) is 0 Å². The third-order valence-electron chi connectivity index (χ3n) is 3.25. The Kier molecular flexibility index (Phi) is 5.05. The highest BCUT2D eigenvalue weighted by Crippen LogP contribution is 2.33. The van der Waals surface area contributed by atoms with Gasteiger partial charge in [0.1, 0.15) is 0 Å². The molecule has 0 unspecified atom stereocenters. The molecule has 0 aliphatic heterocycles. The van der Waals surface area contributed by atoms with E-state index in [2.05, 4.69) is 52.6 Å². The lowest BCUT2D eigenvalue weighted by molar-refractivity contribution is -0.137. The van der Waals surface area contributed by atoms with Crippen LogP contribution < -0.4 is 0 Å². The average Bonchev–Trinajstić information content (AvgIpc) is 3.01. The fraction of sp³-hybridized carbons (Fsp3) is 0.500. The predicted molar refractivity (Wildman–Crippen MR) is 85.9 cm³/mol. The lowest BCUT2D eigenvalue weighted by atomic mass is 10.1. The fourth-order valence-corrected chi connectivity index (χ4v) is 3.70. The number of aromatic nitrogens is 3. The van der Waals surface area contributed by atoms with E-state index in [1.165, 1.54) is 29.3 Å². The van der Waals surface area contributed by atoms with Crippen molar-refractivity contribution in [2.75, 3.05) is 12.9 Å². The molecule has 0 aromatic carbocycles. The Labute approximate surface area is 132 Å². The lowest BCUT2D eigenvalue weighted by Gasteiger charge is -2.13. The normalized spacial score (nSPS) is 11.1. The summed E-state index contributed by atoms with van der Waals surface area (Å²) in [5, 5.41) is 11.4. The number of hydrogen-bond donors (Lipinski definition) is 0. The quantitative estimate of drug-likeness (QED) is 0.622. The maximum absolute atomic E-state index is 11.3. The lowest BCUT2D eigenvalue weighted by Crippen LogP contribution is -2.08. The number of methoxy groups -OCH3 is 1. The first-order chi connectivity index (χ1) is 9.95. The van der Waals surface area contributed by atoms with E-state index in [4.69, 9.17) is 0 Å². The number of rotatable bonds is 5. The Bertz CT molecular complexity index is 647. The van der Waals surface area contributed by atoms with Gasteiger partial charge in [-0.3, -0.25) is 9.36 Å². The topological polar surface area (TPSA) is 57.0 Å². The molecular weight excluding hydrogens is 306 g/mol. The van der Waals surface area contributed by atoms with E-state index in [9.17, 15) is 4.79 Å². The van der Waals surface area contributed by atoms with Gasteiger partial charge in [0.2, 0.25) is 0 Å². The first-order valence-corrected chi connectivity index (χ1v) is 8.51. The summed E-state index contributed by atoms with van der Waals surface area (Å²) in [6.45, 7) is 8.38. The minimum absolute atomic E-state index is 0.217. The Morgan fingerprint density at radius 1 is 1.43 bits per heavy atom. The van der Waals surface area contributed by atoms with Crippen LogP contribution in [0.25, 0.3) is 11.4 Å². The van der Waals surface area contributed by atoms with Gasteiger partial charge >= 0.3 is 5.97 Å². The van der Waals surface area contributed by atoms with E-state index >= 15 is 0 Å². The molecule has 0 saturated heterocycles. The minimum Gasteiger partial charge on any atom is -0.468 e. The molecule has 0 spiro atoms. The van der Waals surface area contributed by atoms with E-state index in [1.807, 2.05) is 0 Å². The number of hydrogen-bond acceptors (Lipinski definition) is 6. The van der Waals surface area contributed by atoms with Gasteiger partial charge < -0.3 is 4.74 Å². The molecular formula is C14H19N3O2S2. The SMILES string of the molecule is COC(=O)CSc1nnc(-c2csc(C)c2C)n1C(C)C. The van der Waals surface area contributed by atoms with Crippen molar-refractivity contribution in [3.05, 3.63) is 15.8 Å². The number of nitrogens with zero attached hydrogens (tertiary/aromatic N) is 3. The first kappa shape index (κ1) is 16.0. The van der Waals surface area contributed by atoms with E-state index in [1.54, 1.807) is 11.3 Å². The molecule has 0 aliphatic carbocycles. The van der Waals surface area contributed by atoms with Crippen LogP contribution in [0.4, 0.5) is 0 Å². The zero-order valence-electron chi connectivity index (χ0n) is 12.8. The number of carbonyl (C=O) groups excluding carboxylic acids is 1. The second kappa shape index (κ2) is 6.62. The van der Waals surface area contributed by atoms with E-state index in [0.717, 1.165) is 16.5 Å². The van der Waals surface area contributed by atoms with E-state index in [0.29, 0.717) is 0 Å². The molecule has 2 heterocycles. The van der Waals surface area contributed by atoms with E-state index in [-0.39, 0.29) is 17.8 Å². The summed E-state index contributed by atoms with van der Waals surface area (Å²) in [6, 6.07) is 0.217. The second-order valence-corrected chi connectivity index (χ2v) is 6.99. The van der Waals surface area contributed by atoms with Crippen LogP contribution in [0, 0.1) is 13.8 Å². The van der Waals surface area contributed by atoms with Gasteiger partial charge in [-0.25, -0.2) is 0 Å². The molecule has 0 N–H and O–H groups in total. The van der Waals surface area contributed by atoms with E-state index < -0.39 is 0 Å². The number of carbonyl (C=O) groups is 1. The zero-order chi connectivity index (χ0) is 15.6. The molecule has 0 radical (unpaired) electrons. The highest BCUT2D eigenvalue weighted by molar-refractivity contribution is 7.99. The molecule has 0 fully saturated rings. The van der Waals surface area contributed by atoms with Crippen molar-refractivity contribution >= 4 is 29.1 Å². The highest BCUT2D eigenvalue weighted by atomic mass is 32.2. The molecule has 2 aromatic heterocycles. The third kappa shape index (κ3) is 3.29. The minimum atomic E-state index is -0.262. The van der Waals surface area contributed by atoms with Crippen LogP contribution in [0.2, 0.25) is 0 Å². The molecule has 114 valence electrons. The molecule has 0 amide bonds. The summed E-state index contributed by atoms with van der Waals surface area (Å²) < 4.78 is 6.74. The number of aryl methyl sites for hydroxylation is 1. The van der Waals surface area contributed by atoms with Crippen LogP contribution in [0.15, 0.2) is 10.5 Å². The summed E-state index contributed by atoms with van der Waals surface area (Å²) in [5.74, 6) is 0.838. The number of esters is 1. The Morgan fingerprint density at radius 3 is 2.67 bits per heavy atom. The summed E-state index contributed by atoms with van der Waals surface area (Å²) in [7, 11) is 1.39. The van der Waals surface area contributed by atoms with Gasteiger partial charge in [-0.2, -0.15) is 0 Å². The summed E-state index contributed by atoms with van der Waals surface area (Å²) in [4.78, 5) is 12.6. The van der Waals surface area contributed by atoms with Gasteiger partial charge in [-0.1, -0.05) is 11.8 Å². The third-order valence-corrected chi connectivity index (χ3v) is 5.18. The zero-order valence-corrected chi connectivity index (χ0v) is 14.5. The van der Waals surface area contributed by atoms with Crippen molar-refractivity contribution in [2.45, 2.75) is 38.9 Å². The van der Waals surface area contributed by atoms with Crippen molar-refractivity contribution in [1.29, 1.82) is 0 Å². The van der Waals surface area contributed by atoms with Gasteiger partial charge in [0, 0.05) is 21.9 Å². The van der Waals surface area contributed by atoms with Crippen molar-refractivity contribution in [3.8, 4) is 11.4 Å². The van der Waals surface area contributed by atoms with Crippen LogP contribution in [0.3, 0.4) is 0 Å². The van der Waals surface area contributed by atoms with Crippen molar-refractivity contribution in [3.63, 3.8) is 0 Å². The number of ether oxygens (including phenoxy) is 1. The molecule has 2 rings (SSSR count).